The summed E-state index contributed by atoms with van der Waals surface area (Å²) in [6.45, 7) is 2.47. The minimum absolute atomic E-state index is 0.309. The molecule has 2 rings (SSSR count). The molecule has 7 heteroatoms. The van der Waals surface area contributed by atoms with Gasteiger partial charge in [0, 0.05) is 19.0 Å². The van der Waals surface area contributed by atoms with Gasteiger partial charge in [0.2, 0.25) is 0 Å². The molecule has 0 spiro atoms. The van der Waals surface area contributed by atoms with Gasteiger partial charge >= 0.3 is 0 Å². The molecule has 0 unspecified atom stereocenters. The Morgan fingerprint density at radius 1 is 1.37 bits per heavy atom. The van der Waals surface area contributed by atoms with E-state index < -0.39 is 9.84 Å². The van der Waals surface area contributed by atoms with Gasteiger partial charge in [0.15, 0.2) is 9.84 Å². The summed E-state index contributed by atoms with van der Waals surface area (Å²) in [5.74, 6) is 0. The SMILES string of the molecule is Cc1ccc(S(C)(=O)=O)cc1NCc1cnnn1C. The molecule has 19 heavy (non-hydrogen) atoms. The number of aryl methyl sites for hydroxylation is 2. The van der Waals surface area contributed by atoms with Crippen molar-refractivity contribution in [3.8, 4) is 0 Å². The maximum Gasteiger partial charge on any atom is 0.175 e. The Morgan fingerprint density at radius 2 is 2.11 bits per heavy atom. The zero-order valence-electron chi connectivity index (χ0n) is 11.1. The molecule has 1 aromatic heterocycles. The van der Waals surface area contributed by atoms with E-state index >= 15 is 0 Å². The number of rotatable bonds is 4. The van der Waals surface area contributed by atoms with Crippen LogP contribution in [0.2, 0.25) is 0 Å². The van der Waals surface area contributed by atoms with E-state index in [1.807, 2.05) is 14.0 Å². The fourth-order valence-corrected chi connectivity index (χ4v) is 2.33. The van der Waals surface area contributed by atoms with Gasteiger partial charge in [-0.2, -0.15) is 0 Å². The van der Waals surface area contributed by atoms with Crippen LogP contribution in [-0.4, -0.2) is 29.7 Å². The number of aromatic nitrogens is 3. The lowest BCUT2D eigenvalue weighted by Gasteiger charge is -2.10. The normalized spacial score (nSPS) is 11.5. The van der Waals surface area contributed by atoms with E-state index in [1.54, 1.807) is 29.1 Å². The highest BCUT2D eigenvalue weighted by atomic mass is 32.2. The van der Waals surface area contributed by atoms with E-state index in [-0.39, 0.29) is 0 Å². The third-order valence-corrected chi connectivity index (χ3v) is 4.02. The summed E-state index contributed by atoms with van der Waals surface area (Å²) >= 11 is 0. The number of sulfone groups is 1. The summed E-state index contributed by atoms with van der Waals surface area (Å²) in [5.41, 5.74) is 2.70. The third-order valence-electron chi connectivity index (χ3n) is 2.91. The fourth-order valence-electron chi connectivity index (χ4n) is 1.68. The van der Waals surface area contributed by atoms with Crippen molar-refractivity contribution in [2.24, 2.45) is 7.05 Å². The average Bonchev–Trinajstić information content (AvgIpc) is 2.72. The second kappa shape index (κ2) is 5.00. The van der Waals surface area contributed by atoms with Crippen LogP contribution in [0.4, 0.5) is 5.69 Å². The predicted molar refractivity (Wildman–Crippen MR) is 72.6 cm³/mol. The van der Waals surface area contributed by atoms with Crippen LogP contribution in [0.1, 0.15) is 11.3 Å². The molecule has 6 nitrogen and oxygen atoms in total. The highest BCUT2D eigenvalue weighted by molar-refractivity contribution is 7.90. The lowest BCUT2D eigenvalue weighted by molar-refractivity contribution is 0.602. The topological polar surface area (TPSA) is 76.9 Å². The molecule has 0 aliphatic carbocycles. The molecule has 0 aliphatic rings. The number of hydrogen-bond acceptors (Lipinski definition) is 5. The van der Waals surface area contributed by atoms with Crippen molar-refractivity contribution in [1.29, 1.82) is 0 Å². The largest absolute Gasteiger partial charge is 0.379 e. The van der Waals surface area contributed by atoms with Crippen molar-refractivity contribution in [2.45, 2.75) is 18.4 Å². The molecular formula is C12H16N4O2S. The molecule has 102 valence electrons. The van der Waals surface area contributed by atoms with Crippen molar-refractivity contribution in [3.63, 3.8) is 0 Å². The molecule has 0 bridgehead atoms. The van der Waals surface area contributed by atoms with Gasteiger partial charge in [0.05, 0.1) is 23.3 Å². The van der Waals surface area contributed by atoms with Crippen LogP contribution in [0, 0.1) is 6.92 Å². The highest BCUT2D eigenvalue weighted by Crippen LogP contribution is 2.20. The van der Waals surface area contributed by atoms with E-state index in [2.05, 4.69) is 15.6 Å². The predicted octanol–water partition coefficient (Wildman–Crippen LogP) is 1.14. The van der Waals surface area contributed by atoms with Crippen molar-refractivity contribution >= 4 is 15.5 Å². The summed E-state index contributed by atoms with van der Waals surface area (Å²) in [7, 11) is -1.38. The molecule has 0 fully saturated rings. The number of benzene rings is 1. The van der Waals surface area contributed by atoms with E-state index in [9.17, 15) is 8.42 Å². The summed E-state index contributed by atoms with van der Waals surface area (Å²) in [4.78, 5) is 0.309. The Kier molecular flexibility index (Phi) is 3.57. The van der Waals surface area contributed by atoms with Crippen molar-refractivity contribution in [2.75, 3.05) is 11.6 Å². The summed E-state index contributed by atoms with van der Waals surface area (Å²) in [5, 5.41) is 10.8. The van der Waals surface area contributed by atoms with Crippen LogP contribution in [-0.2, 0) is 23.4 Å². The fraction of sp³-hybridized carbons (Fsp3) is 0.333. The summed E-state index contributed by atoms with van der Waals surface area (Å²) in [6, 6.07) is 5.05. The van der Waals surface area contributed by atoms with E-state index in [0.717, 1.165) is 16.9 Å². The Labute approximate surface area is 112 Å². The van der Waals surface area contributed by atoms with Gasteiger partial charge in [0.25, 0.3) is 0 Å². The van der Waals surface area contributed by atoms with Crippen molar-refractivity contribution in [1.82, 2.24) is 15.0 Å². The van der Waals surface area contributed by atoms with Gasteiger partial charge in [-0.3, -0.25) is 4.68 Å². The van der Waals surface area contributed by atoms with Gasteiger partial charge in [-0.05, 0) is 24.6 Å². The third kappa shape index (κ3) is 3.11. The Hall–Kier alpha value is -1.89. The molecule has 0 aliphatic heterocycles. The lowest BCUT2D eigenvalue weighted by atomic mass is 10.2. The standard InChI is InChI=1S/C12H16N4O2S/c1-9-4-5-11(19(3,17)18)6-12(9)13-7-10-8-14-15-16(10)2/h4-6,8,13H,7H2,1-3H3. The zero-order valence-corrected chi connectivity index (χ0v) is 11.9. The van der Waals surface area contributed by atoms with Crippen LogP contribution in [0.3, 0.4) is 0 Å². The van der Waals surface area contributed by atoms with Gasteiger partial charge in [-0.15, -0.1) is 5.10 Å². The van der Waals surface area contributed by atoms with Gasteiger partial charge in [-0.1, -0.05) is 11.3 Å². The maximum atomic E-state index is 11.5. The van der Waals surface area contributed by atoms with Crippen LogP contribution in [0.5, 0.6) is 0 Å². The Bertz CT molecular complexity index is 692. The summed E-state index contributed by atoms with van der Waals surface area (Å²) < 4.78 is 24.7. The molecule has 0 radical (unpaired) electrons. The van der Waals surface area contributed by atoms with Crippen LogP contribution in [0.15, 0.2) is 29.3 Å². The molecule has 1 heterocycles. The lowest BCUT2D eigenvalue weighted by Crippen LogP contribution is -2.07. The van der Waals surface area contributed by atoms with Crippen molar-refractivity contribution < 1.29 is 8.42 Å². The first-order valence-corrected chi connectivity index (χ1v) is 7.65. The summed E-state index contributed by atoms with van der Waals surface area (Å²) in [6.07, 6.45) is 2.87. The van der Waals surface area contributed by atoms with Crippen LogP contribution in [0.25, 0.3) is 0 Å². The number of hydrogen-bond donors (Lipinski definition) is 1. The molecule has 1 N–H and O–H groups in total. The number of nitrogens with one attached hydrogen (secondary N) is 1. The van der Waals surface area contributed by atoms with E-state index in [0.29, 0.717) is 11.4 Å². The average molecular weight is 280 g/mol. The number of nitrogens with zero attached hydrogens (tertiary/aromatic N) is 3. The zero-order chi connectivity index (χ0) is 14.0. The smallest absolute Gasteiger partial charge is 0.175 e. The van der Waals surface area contributed by atoms with Crippen LogP contribution >= 0.6 is 0 Å². The Balaban J connectivity index is 2.23. The van der Waals surface area contributed by atoms with Gasteiger partial charge in [0.1, 0.15) is 0 Å². The second-order valence-electron chi connectivity index (χ2n) is 4.45. The van der Waals surface area contributed by atoms with Gasteiger partial charge < -0.3 is 5.32 Å². The Morgan fingerprint density at radius 3 is 2.68 bits per heavy atom. The molecular weight excluding hydrogens is 264 g/mol. The minimum Gasteiger partial charge on any atom is -0.379 e. The van der Waals surface area contributed by atoms with Crippen molar-refractivity contribution in [3.05, 3.63) is 35.7 Å². The number of anilines is 1. The first-order chi connectivity index (χ1) is 8.88. The van der Waals surface area contributed by atoms with E-state index in [4.69, 9.17) is 0 Å². The second-order valence-corrected chi connectivity index (χ2v) is 6.47. The van der Waals surface area contributed by atoms with E-state index in [1.165, 1.54) is 6.26 Å². The molecule has 0 saturated carbocycles. The first-order valence-electron chi connectivity index (χ1n) is 5.76. The highest BCUT2D eigenvalue weighted by Gasteiger charge is 2.09. The first kappa shape index (κ1) is 13.5. The molecule has 0 saturated heterocycles. The van der Waals surface area contributed by atoms with Gasteiger partial charge in [-0.25, -0.2) is 8.42 Å². The maximum absolute atomic E-state index is 11.5. The molecule has 0 atom stereocenters. The van der Waals surface area contributed by atoms with Crippen LogP contribution < -0.4 is 5.32 Å². The molecule has 2 aromatic rings. The molecule has 0 amide bonds. The molecule has 1 aromatic carbocycles. The quantitative estimate of drug-likeness (QED) is 0.908. The monoisotopic (exact) mass is 280 g/mol. The minimum atomic E-state index is -3.19.